The zero-order chi connectivity index (χ0) is 14.7. The van der Waals surface area contributed by atoms with Gasteiger partial charge in [-0.15, -0.1) is 0 Å². The standard InChI is InChI=1S/C17H22N4/c1-13-9-14(2)11-21(10-13)12-16-5-8-19-17(20-16)15-3-6-18-7-4-15/h3-8,13-14H,9-12H2,1-2H3/t13-,14+. The molecule has 21 heavy (non-hydrogen) atoms. The predicted molar refractivity (Wildman–Crippen MR) is 83.5 cm³/mol. The summed E-state index contributed by atoms with van der Waals surface area (Å²) in [6.45, 7) is 7.92. The van der Waals surface area contributed by atoms with E-state index in [1.165, 1.54) is 19.5 Å². The first-order valence-corrected chi connectivity index (χ1v) is 7.65. The van der Waals surface area contributed by atoms with Gasteiger partial charge in [-0.2, -0.15) is 0 Å². The molecule has 0 N–H and O–H groups in total. The molecule has 0 amide bonds. The molecule has 1 saturated heterocycles. The third kappa shape index (κ3) is 3.64. The molecule has 4 heteroatoms. The van der Waals surface area contributed by atoms with Crippen LogP contribution in [0.2, 0.25) is 0 Å². The van der Waals surface area contributed by atoms with Crippen molar-refractivity contribution in [2.24, 2.45) is 11.8 Å². The van der Waals surface area contributed by atoms with Crippen LogP contribution in [0.4, 0.5) is 0 Å². The molecule has 0 aliphatic carbocycles. The average Bonchev–Trinajstić information content (AvgIpc) is 2.47. The van der Waals surface area contributed by atoms with Gasteiger partial charge in [0.25, 0.3) is 0 Å². The van der Waals surface area contributed by atoms with Crippen LogP contribution in [0.15, 0.2) is 36.8 Å². The lowest BCUT2D eigenvalue weighted by Gasteiger charge is -2.34. The molecular weight excluding hydrogens is 260 g/mol. The second-order valence-corrected chi connectivity index (χ2v) is 6.25. The number of pyridine rings is 1. The Bertz CT molecular complexity index is 574. The highest BCUT2D eigenvalue weighted by Crippen LogP contribution is 2.22. The first-order chi connectivity index (χ1) is 10.2. The third-order valence-electron chi connectivity index (χ3n) is 3.98. The molecule has 0 aromatic carbocycles. The second-order valence-electron chi connectivity index (χ2n) is 6.25. The van der Waals surface area contributed by atoms with E-state index in [0.717, 1.165) is 35.5 Å². The van der Waals surface area contributed by atoms with Gasteiger partial charge in [0, 0.05) is 43.8 Å². The summed E-state index contributed by atoms with van der Waals surface area (Å²) in [5.74, 6) is 2.33. The van der Waals surface area contributed by atoms with Gasteiger partial charge in [-0.25, -0.2) is 9.97 Å². The van der Waals surface area contributed by atoms with Crippen molar-refractivity contribution in [1.82, 2.24) is 19.9 Å². The van der Waals surface area contributed by atoms with E-state index in [0.29, 0.717) is 0 Å². The van der Waals surface area contributed by atoms with Gasteiger partial charge in [0.1, 0.15) is 0 Å². The minimum absolute atomic E-state index is 0.773. The maximum absolute atomic E-state index is 4.71. The van der Waals surface area contributed by atoms with E-state index in [-0.39, 0.29) is 0 Å². The van der Waals surface area contributed by atoms with Crippen LogP contribution in [-0.4, -0.2) is 32.9 Å². The first kappa shape index (κ1) is 14.1. The van der Waals surface area contributed by atoms with Gasteiger partial charge in [0.15, 0.2) is 5.82 Å². The zero-order valence-corrected chi connectivity index (χ0v) is 12.7. The number of rotatable bonds is 3. The van der Waals surface area contributed by atoms with E-state index in [9.17, 15) is 0 Å². The average molecular weight is 282 g/mol. The molecule has 2 aromatic rings. The molecule has 110 valence electrons. The largest absolute Gasteiger partial charge is 0.297 e. The van der Waals surface area contributed by atoms with E-state index < -0.39 is 0 Å². The predicted octanol–water partition coefficient (Wildman–Crippen LogP) is 3.02. The van der Waals surface area contributed by atoms with E-state index in [1.54, 1.807) is 12.4 Å². The van der Waals surface area contributed by atoms with Gasteiger partial charge < -0.3 is 0 Å². The maximum atomic E-state index is 4.71. The summed E-state index contributed by atoms with van der Waals surface area (Å²) in [7, 11) is 0. The fourth-order valence-electron chi connectivity index (χ4n) is 3.27. The van der Waals surface area contributed by atoms with Crippen molar-refractivity contribution in [2.75, 3.05) is 13.1 Å². The van der Waals surface area contributed by atoms with E-state index in [4.69, 9.17) is 4.98 Å². The number of hydrogen-bond donors (Lipinski definition) is 0. The summed E-state index contributed by atoms with van der Waals surface area (Å²) in [4.78, 5) is 15.6. The molecule has 0 radical (unpaired) electrons. The summed E-state index contributed by atoms with van der Waals surface area (Å²) in [6.07, 6.45) is 6.75. The van der Waals surface area contributed by atoms with Crippen LogP contribution in [0.1, 0.15) is 26.0 Å². The SMILES string of the molecule is C[C@@H]1C[C@H](C)CN(Cc2ccnc(-c3ccncc3)n2)C1. The topological polar surface area (TPSA) is 41.9 Å². The van der Waals surface area contributed by atoms with Crippen molar-refractivity contribution >= 4 is 0 Å². The summed E-state index contributed by atoms with van der Waals surface area (Å²) in [6, 6.07) is 5.92. The van der Waals surface area contributed by atoms with Crippen molar-refractivity contribution < 1.29 is 0 Å². The normalized spacial score (nSPS) is 23.1. The summed E-state index contributed by atoms with van der Waals surface area (Å²) in [5, 5.41) is 0. The summed E-state index contributed by atoms with van der Waals surface area (Å²) >= 11 is 0. The lowest BCUT2D eigenvalue weighted by molar-refractivity contribution is 0.133. The molecule has 3 rings (SSSR count). The number of nitrogens with zero attached hydrogens (tertiary/aromatic N) is 4. The van der Waals surface area contributed by atoms with Crippen LogP contribution in [0.25, 0.3) is 11.4 Å². The molecule has 4 nitrogen and oxygen atoms in total. The molecular formula is C17H22N4. The Morgan fingerprint density at radius 1 is 1.05 bits per heavy atom. The molecule has 2 atom stereocenters. The van der Waals surface area contributed by atoms with Crippen LogP contribution in [0.3, 0.4) is 0 Å². The smallest absolute Gasteiger partial charge is 0.159 e. The van der Waals surface area contributed by atoms with Gasteiger partial charge in [0.2, 0.25) is 0 Å². The highest BCUT2D eigenvalue weighted by Gasteiger charge is 2.22. The van der Waals surface area contributed by atoms with Crippen LogP contribution in [0, 0.1) is 11.8 Å². The van der Waals surface area contributed by atoms with E-state index >= 15 is 0 Å². The lowest BCUT2D eigenvalue weighted by Crippen LogP contribution is -2.38. The molecule has 3 heterocycles. The van der Waals surface area contributed by atoms with Gasteiger partial charge in [-0.3, -0.25) is 9.88 Å². The molecule has 1 aliphatic rings. The Morgan fingerprint density at radius 3 is 2.48 bits per heavy atom. The fraction of sp³-hybridized carbons (Fsp3) is 0.471. The second kappa shape index (κ2) is 6.31. The Labute approximate surface area is 126 Å². The number of aromatic nitrogens is 3. The monoisotopic (exact) mass is 282 g/mol. The van der Waals surface area contributed by atoms with Crippen LogP contribution < -0.4 is 0 Å². The number of hydrogen-bond acceptors (Lipinski definition) is 4. The molecule has 1 aliphatic heterocycles. The highest BCUT2D eigenvalue weighted by molar-refractivity contribution is 5.53. The van der Waals surface area contributed by atoms with E-state index in [1.807, 2.05) is 24.4 Å². The number of likely N-dealkylation sites (tertiary alicyclic amines) is 1. The van der Waals surface area contributed by atoms with Crippen molar-refractivity contribution in [3.63, 3.8) is 0 Å². The highest BCUT2D eigenvalue weighted by atomic mass is 15.1. The molecule has 0 bridgehead atoms. The van der Waals surface area contributed by atoms with Gasteiger partial charge in [0.05, 0.1) is 5.69 Å². The Morgan fingerprint density at radius 2 is 1.76 bits per heavy atom. The Hall–Kier alpha value is -1.81. The maximum Gasteiger partial charge on any atom is 0.159 e. The molecule has 0 spiro atoms. The van der Waals surface area contributed by atoms with Crippen molar-refractivity contribution in [2.45, 2.75) is 26.8 Å². The van der Waals surface area contributed by atoms with Crippen molar-refractivity contribution in [1.29, 1.82) is 0 Å². The Kier molecular flexibility index (Phi) is 4.25. The fourth-order valence-corrected chi connectivity index (χ4v) is 3.27. The van der Waals surface area contributed by atoms with Crippen molar-refractivity contribution in [3.05, 3.63) is 42.5 Å². The molecule has 2 aromatic heterocycles. The minimum atomic E-state index is 0.773. The minimum Gasteiger partial charge on any atom is -0.297 e. The van der Waals surface area contributed by atoms with Crippen LogP contribution >= 0.6 is 0 Å². The van der Waals surface area contributed by atoms with Crippen molar-refractivity contribution in [3.8, 4) is 11.4 Å². The first-order valence-electron chi connectivity index (χ1n) is 7.65. The molecule has 1 fully saturated rings. The zero-order valence-electron chi connectivity index (χ0n) is 12.7. The Balaban J connectivity index is 1.74. The number of piperidine rings is 1. The summed E-state index contributed by atoms with van der Waals surface area (Å²) < 4.78 is 0. The summed E-state index contributed by atoms with van der Waals surface area (Å²) in [5.41, 5.74) is 2.12. The quantitative estimate of drug-likeness (QED) is 0.868. The molecule has 0 saturated carbocycles. The van der Waals surface area contributed by atoms with Gasteiger partial charge in [-0.1, -0.05) is 13.8 Å². The lowest BCUT2D eigenvalue weighted by atomic mass is 9.92. The van der Waals surface area contributed by atoms with E-state index in [2.05, 4.69) is 28.7 Å². The van der Waals surface area contributed by atoms with Crippen LogP contribution in [-0.2, 0) is 6.54 Å². The van der Waals surface area contributed by atoms with Gasteiger partial charge in [-0.05, 0) is 36.5 Å². The van der Waals surface area contributed by atoms with Crippen LogP contribution in [0.5, 0.6) is 0 Å². The van der Waals surface area contributed by atoms with Gasteiger partial charge >= 0.3 is 0 Å². The molecule has 0 unspecified atom stereocenters. The third-order valence-corrected chi connectivity index (χ3v) is 3.98.